The molecule has 1 amide bonds. The molecule has 0 bridgehead atoms. The molecule has 13 heavy (non-hydrogen) atoms. The van der Waals surface area contributed by atoms with E-state index in [1.165, 1.54) is 6.42 Å². The first kappa shape index (κ1) is 8.97. The molecule has 0 saturated carbocycles. The van der Waals surface area contributed by atoms with Gasteiger partial charge in [0.1, 0.15) is 5.54 Å². The normalized spacial score (nSPS) is 34.2. The highest BCUT2D eigenvalue weighted by molar-refractivity contribution is 5.87. The summed E-state index contributed by atoms with van der Waals surface area (Å²) in [5.74, 6) is 0.178. The number of likely N-dealkylation sites (N-methyl/N-ethyl adjacent to an activating group) is 1. The lowest BCUT2D eigenvalue weighted by atomic mass is 9.91. The number of carbonyl (C=O) groups excluding carboxylic acids is 1. The molecule has 2 aliphatic rings. The Morgan fingerprint density at radius 3 is 2.69 bits per heavy atom. The molecule has 0 aromatic heterocycles. The van der Waals surface area contributed by atoms with Crippen molar-refractivity contribution in [3.05, 3.63) is 0 Å². The van der Waals surface area contributed by atoms with E-state index in [0.717, 1.165) is 32.6 Å². The molecule has 2 heterocycles. The first-order valence-electron chi connectivity index (χ1n) is 4.97. The lowest BCUT2D eigenvalue weighted by Crippen LogP contribution is -2.63. The fourth-order valence-electron chi connectivity index (χ4n) is 2.26. The molecule has 2 rings (SSSR count). The third kappa shape index (κ3) is 1.25. The fraction of sp³-hybridized carbons (Fsp3) is 0.889. The smallest absolute Gasteiger partial charge is 0.241 e. The van der Waals surface area contributed by atoms with E-state index in [1.807, 2.05) is 0 Å². The summed E-state index contributed by atoms with van der Waals surface area (Å²) in [6.45, 7) is 3.93. The van der Waals surface area contributed by atoms with Crippen LogP contribution in [0.3, 0.4) is 0 Å². The third-order valence-corrected chi connectivity index (χ3v) is 3.24. The molecule has 2 N–H and O–H groups in total. The molecule has 1 unspecified atom stereocenters. The van der Waals surface area contributed by atoms with Crippen LogP contribution >= 0.6 is 0 Å². The number of carbonyl (C=O) groups is 1. The van der Waals surface area contributed by atoms with Crippen LogP contribution in [0.25, 0.3) is 0 Å². The largest absolute Gasteiger partial charge is 0.358 e. The maximum atomic E-state index is 11.8. The van der Waals surface area contributed by atoms with Crippen LogP contribution in [0, 0.1) is 0 Å². The molecule has 2 aliphatic heterocycles. The van der Waals surface area contributed by atoms with Crippen LogP contribution in [-0.2, 0) is 4.79 Å². The van der Waals surface area contributed by atoms with Gasteiger partial charge in [0, 0.05) is 26.7 Å². The Morgan fingerprint density at radius 1 is 1.54 bits per heavy atom. The predicted octanol–water partition coefficient (Wildman–Crippen LogP) is -0.830. The maximum absolute atomic E-state index is 11.8. The van der Waals surface area contributed by atoms with Crippen molar-refractivity contribution in [1.29, 1.82) is 0 Å². The molecule has 0 aromatic carbocycles. The van der Waals surface area contributed by atoms with Crippen LogP contribution in [-0.4, -0.2) is 49.6 Å². The van der Waals surface area contributed by atoms with Crippen molar-refractivity contribution < 1.29 is 4.79 Å². The lowest BCUT2D eigenvalue weighted by Gasteiger charge is -2.44. The van der Waals surface area contributed by atoms with E-state index in [4.69, 9.17) is 0 Å². The molecule has 2 fully saturated rings. The lowest BCUT2D eigenvalue weighted by molar-refractivity contribution is -0.134. The van der Waals surface area contributed by atoms with E-state index >= 15 is 0 Å². The minimum Gasteiger partial charge on any atom is -0.358 e. The van der Waals surface area contributed by atoms with Gasteiger partial charge < -0.3 is 10.6 Å². The summed E-state index contributed by atoms with van der Waals surface area (Å²) >= 11 is 0. The van der Waals surface area contributed by atoms with Gasteiger partial charge in [-0.2, -0.15) is 0 Å². The van der Waals surface area contributed by atoms with E-state index in [-0.39, 0.29) is 11.4 Å². The first-order chi connectivity index (χ1) is 6.29. The Kier molecular flexibility index (Phi) is 2.26. The number of nitrogens with zero attached hydrogens (tertiary/aromatic N) is 1. The van der Waals surface area contributed by atoms with Crippen molar-refractivity contribution in [2.24, 2.45) is 0 Å². The molecule has 4 nitrogen and oxygen atoms in total. The summed E-state index contributed by atoms with van der Waals surface area (Å²) in [4.78, 5) is 14.1. The van der Waals surface area contributed by atoms with Crippen molar-refractivity contribution >= 4 is 5.91 Å². The van der Waals surface area contributed by atoms with Gasteiger partial charge in [-0.3, -0.25) is 9.69 Å². The number of nitrogens with one attached hydrogen (secondary N) is 2. The second-order valence-corrected chi connectivity index (χ2v) is 3.88. The second kappa shape index (κ2) is 3.27. The summed E-state index contributed by atoms with van der Waals surface area (Å²) < 4.78 is 0. The van der Waals surface area contributed by atoms with Gasteiger partial charge in [-0.15, -0.1) is 0 Å². The standard InChI is InChI=1S/C9H17N3O/c1-10-8(13)9(3-4-11-7-9)12-5-2-6-12/h11H,2-7H2,1H3,(H,10,13). The Morgan fingerprint density at radius 2 is 2.31 bits per heavy atom. The van der Waals surface area contributed by atoms with Crippen molar-refractivity contribution in [2.75, 3.05) is 33.2 Å². The zero-order valence-electron chi connectivity index (χ0n) is 8.10. The number of hydrogen-bond acceptors (Lipinski definition) is 3. The minimum absolute atomic E-state index is 0.178. The molecule has 74 valence electrons. The quantitative estimate of drug-likeness (QED) is 0.587. The highest BCUT2D eigenvalue weighted by Crippen LogP contribution is 2.28. The highest BCUT2D eigenvalue weighted by atomic mass is 16.2. The second-order valence-electron chi connectivity index (χ2n) is 3.88. The first-order valence-corrected chi connectivity index (χ1v) is 4.97. The van der Waals surface area contributed by atoms with Crippen LogP contribution in [0.15, 0.2) is 0 Å². The molecule has 0 spiro atoms. The molecular weight excluding hydrogens is 166 g/mol. The highest BCUT2D eigenvalue weighted by Gasteiger charge is 2.47. The molecular formula is C9H17N3O. The van der Waals surface area contributed by atoms with Crippen LogP contribution in [0.2, 0.25) is 0 Å². The van der Waals surface area contributed by atoms with Gasteiger partial charge in [-0.25, -0.2) is 0 Å². The van der Waals surface area contributed by atoms with Gasteiger partial charge in [0.25, 0.3) is 0 Å². The van der Waals surface area contributed by atoms with Crippen LogP contribution in [0.1, 0.15) is 12.8 Å². The van der Waals surface area contributed by atoms with E-state index in [2.05, 4.69) is 15.5 Å². The summed E-state index contributed by atoms with van der Waals surface area (Å²) in [6.07, 6.45) is 2.19. The number of likely N-dealkylation sites (tertiary alicyclic amines) is 1. The van der Waals surface area contributed by atoms with Crippen molar-refractivity contribution in [3.8, 4) is 0 Å². The number of rotatable bonds is 2. The molecule has 1 atom stereocenters. The Bertz CT molecular complexity index is 207. The topological polar surface area (TPSA) is 44.4 Å². The van der Waals surface area contributed by atoms with Crippen molar-refractivity contribution in [1.82, 2.24) is 15.5 Å². The van der Waals surface area contributed by atoms with Gasteiger partial charge in [0.05, 0.1) is 0 Å². The van der Waals surface area contributed by atoms with Crippen LogP contribution in [0.4, 0.5) is 0 Å². The van der Waals surface area contributed by atoms with Crippen molar-refractivity contribution in [2.45, 2.75) is 18.4 Å². The fourth-order valence-corrected chi connectivity index (χ4v) is 2.26. The average Bonchev–Trinajstić information content (AvgIpc) is 2.50. The summed E-state index contributed by atoms with van der Waals surface area (Å²) in [5.41, 5.74) is -0.229. The van der Waals surface area contributed by atoms with Gasteiger partial charge in [-0.05, 0) is 19.4 Å². The Hall–Kier alpha value is -0.610. The Balaban J connectivity index is 2.13. The SMILES string of the molecule is CNC(=O)C1(N2CCC2)CCNC1. The van der Waals surface area contributed by atoms with Crippen LogP contribution < -0.4 is 10.6 Å². The van der Waals surface area contributed by atoms with Gasteiger partial charge >= 0.3 is 0 Å². The monoisotopic (exact) mass is 183 g/mol. The van der Waals surface area contributed by atoms with E-state index < -0.39 is 0 Å². The third-order valence-electron chi connectivity index (χ3n) is 3.24. The summed E-state index contributed by atoms with van der Waals surface area (Å²) in [7, 11) is 1.72. The molecule has 0 aromatic rings. The average molecular weight is 183 g/mol. The molecule has 0 aliphatic carbocycles. The summed E-state index contributed by atoms with van der Waals surface area (Å²) in [6, 6.07) is 0. The van der Waals surface area contributed by atoms with Gasteiger partial charge in [0.15, 0.2) is 0 Å². The van der Waals surface area contributed by atoms with Gasteiger partial charge in [-0.1, -0.05) is 0 Å². The zero-order valence-corrected chi connectivity index (χ0v) is 8.10. The zero-order chi connectivity index (χ0) is 9.31. The van der Waals surface area contributed by atoms with Crippen LogP contribution in [0.5, 0.6) is 0 Å². The van der Waals surface area contributed by atoms with E-state index in [9.17, 15) is 4.79 Å². The number of hydrogen-bond donors (Lipinski definition) is 2. The number of amides is 1. The van der Waals surface area contributed by atoms with E-state index in [1.54, 1.807) is 7.05 Å². The summed E-state index contributed by atoms with van der Waals surface area (Å²) in [5, 5.41) is 6.05. The molecule has 2 saturated heterocycles. The Labute approximate surface area is 78.7 Å². The van der Waals surface area contributed by atoms with Gasteiger partial charge in [0.2, 0.25) is 5.91 Å². The predicted molar refractivity (Wildman–Crippen MR) is 50.5 cm³/mol. The maximum Gasteiger partial charge on any atom is 0.241 e. The molecule has 0 radical (unpaired) electrons. The minimum atomic E-state index is -0.229. The van der Waals surface area contributed by atoms with Crippen molar-refractivity contribution in [3.63, 3.8) is 0 Å². The molecule has 4 heteroatoms. The van der Waals surface area contributed by atoms with E-state index in [0.29, 0.717) is 0 Å².